The van der Waals surface area contributed by atoms with Crippen LogP contribution in [0, 0.1) is 0 Å². The number of nitrogens with one attached hydrogen (secondary N) is 1. The summed E-state index contributed by atoms with van der Waals surface area (Å²) in [6.45, 7) is 3.53. The molecule has 1 N–H and O–H groups in total. The summed E-state index contributed by atoms with van der Waals surface area (Å²) in [7, 11) is 0. The highest BCUT2D eigenvalue weighted by Crippen LogP contribution is 2.06. The van der Waals surface area contributed by atoms with Crippen molar-refractivity contribution in [3.63, 3.8) is 0 Å². The average Bonchev–Trinajstić information content (AvgIpc) is 2.27. The smallest absolute Gasteiger partial charge is 0.231 e. The van der Waals surface area contributed by atoms with Crippen molar-refractivity contribution >= 4 is 17.4 Å². The highest BCUT2D eigenvalue weighted by atomic mass is 16.2. The minimum absolute atomic E-state index is 0.0617. The molecule has 1 rings (SSSR count). The van der Waals surface area contributed by atoms with E-state index in [1.807, 2.05) is 18.2 Å². The Morgan fingerprint density at radius 1 is 1.25 bits per heavy atom. The normalized spacial score (nSPS) is 9.50. The predicted octanol–water partition coefficient (Wildman–Crippen LogP) is 2.55. The molecule has 0 aliphatic heterocycles. The van der Waals surface area contributed by atoms with Gasteiger partial charge in [-0.2, -0.15) is 0 Å². The number of Topliss-reactive ketones (excluding diaryl/α,β-unsaturated/α-hetero) is 1. The van der Waals surface area contributed by atoms with Gasteiger partial charge < -0.3 is 5.32 Å². The predicted molar refractivity (Wildman–Crippen MR) is 64.1 cm³/mol. The number of anilines is 1. The molecular formula is C13H15NO2. The van der Waals surface area contributed by atoms with E-state index in [0.29, 0.717) is 18.5 Å². The summed E-state index contributed by atoms with van der Waals surface area (Å²) in [5, 5.41) is 2.66. The Kier molecular flexibility index (Phi) is 4.99. The molecular weight excluding hydrogens is 202 g/mol. The molecule has 3 nitrogen and oxygen atoms in total. The summed E-state index contributed by atoms with van der Waals surface area (Å²) in [6, 6.07) is 9.09. The molecule has 0 bridgehead atoms. The zero-order chi connectivity index (χ0) is 11.8. The van der Waals surface area contributed by atoms with E-state index in [-0.39, 0.29) is 18.1 Å². The molecule has 0 fully saturated rings. The van der Waals surface area contributed by atoms with E-state index in [2.05, 4.69) is 11.9 Å². The second kappa shape index (κ2) is 6.56. The van der Waals surface area contributed by atoms with Gasteiger partial charge in [0.05, 0.1) is 6.42 Å². The Bertz CT molecular complexity index is 371. The van der Waals surface area contributed by atoms with Gasteiger partial charge in [-0.3, -0.25) is 9.59 Å². The maximum Gasteiger partial charge on any atom is 0.231 e. The molecule has 1 aromatic carbocycles. The molecule has 0 spiro atoms. The zero-order valence-electron chi connectivity index (χ0n) is 9.11. The topological polar surface area (TPSA) is 46.2 Å². The van der Waals surface area contributed by atoms with Crippen molar-refractivity contribution in [1.29, 1.82) is 0 Å². The third-order valence-corrected chi connectivity index (χ3v) is 2.04. The summed E-state index contributed by atoms with van der Waals surface area (Å²) >= 11 is 0. The lowest BCUT2D eigenvalue weighted by Gasteiger charge is -2.03. The van der Waals surface area contributed by atoms with Crippen LogP contribution in [0.3, 0.4) is 0 Å². The molecule has 0 aliphatic carbocycles. The van der Waals surface area contributed by atoms with Crippen molar-refractivity contribution < 1.29 is 9.59 Å². The van der Waals surface area contributed by atoms with E-state index >= 15 is 0 Å². The molecule has 84 valence electrons. The molecule has 16 heavy (non-hydrogen) atoms. The largest absolute Gasteiger partial charge is 0.326 e. The fourth-order valence-corrected chi connectivity index (χ4v) is 1.26. The van der Waals surface area contributed by atoms with Crippen LogP contribution in [0.2, 0.25) is 0 Å². The number of amides is 1. The molecule has 0 saturated heterocycles. The van der Waals surface area contributed by atoms with Gasteiger partial charge in [-0.25, -0.2) is 0 Å². The van der Waals surface area contributed by atoms with Gasteiger partial charge in [-0.15, -0.1) is 6.58 Å². The maximum atomic E-state index is 11.4. The Labute approximate surface area is 95.2 Å². The summed E-state index contributed by atoms with van der Waals surface area (Å²) in [5.74, 6) is -0.325. The minimum atomic E-state index is -0.264. The van der Waals surface area contributed by atoms with Gasteiger partial charge in [0.15, 0.2) is 0 Å². The van der Waals surface area contributed by atoms with Crippen molar-refractivity contribution in [2.24, 2.45) is 0 Å². The third-order valence-electron chi connectivity index (χ3n) is 2.04. The fourth-order valence-electron chi connectivity index (χ4n) is 1.26. The van der Waals surface area contributed by atoms with E-state index in [1.54, 1.807) is 18.2 Å². The van der Waals surface area contributed by atoms with Gasteiger partial charge in [0.25, 0.3) is 0 Å². The first-order valence-corrected chi connectivity index (χ1v) is 5.20. The van der Waals surface area contributed by atoms with Crippen LogP contribution in [-0.2, 0) is 9.59 Å². The zero-order valence-corrected chi connectivity index (χ0v) is 9.11. The van der Waals surface area contributed by atoms with Crippen molar-refractivity contribution in [3.05, 3.63) is 43.0 Å². The molecule has 0 atom stereocenters. The third kappa shape index (κ3) is 4.55. The van der Waals surface area contributed by atoms with E-state index < -0.39 is 0 Å². The average molecular weight is 217 g/mol. The van der Waals surface area contributed by atoms with Crippen LogP contribution in [0.15, 0.2) is 43.0 Å². The van der Waals surface area contributed by atoms with Crippen LogP contribution in [0.1, 0.15) is 19.3 Å². The number of allylic oxidation sites excluding steroid dienone is 1. The van der Waals surface area contributed by atoms with Gasteiger partial charge in [0, 0.05) is 12.1 Å². The van der Waals surface area contributed by atoms with Crippen molar-refractivity contribution in [2.75, 3.05) is 5.32 Å². The SMILES string of the molecule is C=CCCC(=O)CC(=O)Nc1ccccc1. The van der Waals surface area contributed by atoms with Crippen LogP contribution in [0.5, 0.6) is 0 Å². The van der Waals surface area contributed by atoms with E-state index in [9.17, 15) is 9.59 Å². The standard InChI is InChI=1S/C13H15NO2/c1-2-3-9-12(15)10-13(16)14-11-7-5-4-6-8-11/h2,4-8H,1,3,9-10H2,(H,14,16). The van der Waals surface area contributed by atoms with Crippen LogP contribution in [0.25, 0.3) is 0 Å². The maximum absolute atomic E-state index is 11.4. The summed E-state index contributed by atoms with van der Waals surface area (Å²) in [6.07, 6.45) is 2.61. The van der Waals surface area contributed by atoms with Crippen molar-refractivity contribution in [2.45, 2.75) is 19.3 Å². The van der Waals surface area contributed by atoms with Crippen LogP contribution >= 0.6 is 0 Å². The number of rotatable bonds is 6. The number of benzene rings is 1. The second-order valence-corrected chi connectivity index (χ2v) is 3.46. The molecule has 3 heteroatoms. The van der Waals surface area contributed by atoms with Gasteiger partial charge in [-0.1, -0.05) is 24.3 Å². The number of para-hydroxylation sites is 1. The molecule has 0 aromatic heterocycles. The van der Waals surface area contributed by atoms with Crippen molar-refractivity contribution in [1.82, 2.24) is 0 Å². The number of carbonyl (C=O) groups excluding carboxylic acids is 2. The molecule has 1 amide bonds. The van der Waals surface area contributed by atoms with Gasteiger partial charge in [0.2, 0.25) is 5.91 Å². The van der Waals surface area contributed by atoms with Crippen LogP contribution in [-0.4, -0.2) is 11.7 Å². The first-order chi connectivity index (χ1) is 7.72. The van der Waals surface area contributed by atoms with E-state index in [1.165, 1.54) is 0 Å². The first kappa shape index (κ1) is 12.2. The van der Waals surface area contributed by atoms with E-state index in [4.69, 9.17) is 0 Å². The number of hydrogen-bond acceptors (Lipinski definition) is 2. The monoisotopic (exact) mass is 217 g/mol. The summed E-state index contributed by atoms with van der Waals surface area (Å²) in [4.78, 5) is 22.7. The Hall–Kier alpha value is -1.90. The second-order valence-electron chi connectivity index (χ2n) is 3.46. The van der Waals surface area contributed by atoms with Crippen molar-refractivity contribution in [3.8, 4) is 0 Å². The Morgan fingerprint density at radius 3 is 2.56 bits per heavy atom. The Morgan fingerprint density at radius 2 is 1.94 bits per heavy atom. The highest BCUT2D eigenvalue weighted by molar-refractivity contribution is 6.04. The molecule has 1 aromatic rings. The lowest BCUT2D eigenvalue weighted by molar-refractivity contribution is -0.125. The molecule has 0 radical (unpaired) electrons. The highest BCUT2D eigenvalue weighted by Gasteiger charge is 2.08. The van der Waals surface area contributed by atoms with Gasteiger partial charge in [0.1, 0.15) is 5.78 Å². The molecule has 0 heterocycles. The molecule has 0 aliphatic rings. The van der Waals surface area contributed by atoms with Gasteiger partial charge >= 0.3 is 0 Å². The van der Waals surface area contributed by atoms with E-state index in [0.717, 1.165) is 0 Å². The van der Waals surface area contributed by atoms with Gasteiger partial charge in [-0.05, 0) is 18.6 Å². The minimum Gasteiger partial charge on any atom is -0.326 e. The number of hydrogen-bond donors (Lipinski definition) is 1. The lowest BCUT2D eigenvalue weighted by atomic mass is 10.1. The number of ketones is 1. The quantitative estimate of drug-likeness (QED) is 0.588. The molecule has 0 unspecified atom stereocenters. The Balaban J connectivity index is 2.36. The fraction of sp³-hybridized carbons (Fsp3) is 0.231. The number of carbonyl (C=O) groups is 2. The lowest BCUT2D eigenvalue weighted by Crippen LogP contribution is -2.16. The van der Waals surface area contributed by atoms with Crippen LogP contribution < -0.4 is 5.32 Å². The molecule has 0 saturated carbocycles. The van der Waals surface area contributed by atoms with Crippen LogP contribution in [0.4, 0.5) is 5.69 Å². The summed E-state index contributed by atoms with van der Waals surface area (Å²) in [5.41, 5.74) is 0.712. The first-order valence-electron chi connectivity index (χ1n) is 5.20. The summed E-state index contributed by atoms with van der Waals surface area (Å²) < 4.78 is 0.